The molecule has 1 aromatic carbocycles. The Labute approximate surface area is 82.9 Å². The molecule has 0 bridgehead atoms. The number of likely N-dealkylation sites (N-methyl/N-ethyl adjacent to an activating group) is 1. The summed E-state index contributed by atoms with van der Waals surface area (Å²) in [5, 5.41) is 3.00. The van der Waals surface area contributed by atoms with E-state index in [-0.39, 0.29) is 0 Å². The maximum Gasteiger partial charge on any atom is 0.113 e. The molecule has 0 saturated carbocycles. The molecule has 3 nitrogen and oxygen atoms in total. The standard InChI is InChI=1S/C11H13N3/c1-8(12-2)7-11-13-9-5-3-4-6-10(9)14-11/h3-6,12H,1,7H2,2H3,(H,13,14). The van der Waals surface area contributed by atoms with Crippen LogP contribution in [0.15, 0.2) is 36.5 Å². The Morgan fingerprint density at radius 1 is 1.50 bits per heavy atom. The highest BCUT2D eigenvalue weighted by Crippen LogP contribution is 2.11. The summed E-state index contributed by atoms with van der Waals surface area (Å²) in [6.07, 6.45) is 0.741. The molecule has 1 heterocycles. The van der Waals surface area contributed by atoms with E-state index in [2.05, 4.69) is 21.9 Å². The Kier molecular flexibility index (Phi) is 2.23. The maximum absolute atomic E-state index is 4.44. The van der Waals surface area contributed by atoms with Crippen LogP contribution in [0.5, 0.6) is 0 Å². The molecule has 1 aromatic heterocycles. The SMILES string of the molecule is C=C(Cc1nc2ccccc2[nH]1)NC. The second-order valence-electron chi connectivity index (χ2n) is 3.23. The van der Waals surface area contributed by atoms with E-state index in [0.29, 0.717) is 0 Å². The van der Waals surface area contributed by atoms with Gasteiger partial charge in [0.2, 0.25) is 0 Å². The minimum absolute atomic E-state index is 0.741. The van der Waals surface area contributed by atoms with Crippen molar-refractivity contribution in [3.05, 3.63) is 42.4 Å². The summed E-state index contributed by atoms with van der Waals surface area (Å²) in [5.74, 6) is 0.950. The first-order chi connectivity index (χ1) is 6.79. The number of fused-ring (bicyclic) bond motifs is 1. The van der Waals surface area contributed by atoms with Crippen molar-refractivity contribution in [1.82, 2.24) is 15.3 Å². The first kappa shape index (κ1) is 8.81. The van der Waals surface area contributed by atoms with Crippen LogP contribution in [0.25, 0.3) is 11.0 Å². The molecule has 0 radical (unpaired) electrons. The van der Waals surface area contributed by atoms with Crippen LogP contribution in [0.2, 0.25) is 0 Å². The van der Waals surface area contributed by atoms with E-state index in [0.717, 1.165) is 29.0 Å². The van der Waals surface area contributed by atoms with Crippen LogP contribution < -0.4 is 5.32 Å². The lowest BCUT2D eigenvalue weighted by Crippen LogP contribution is -2.07. The lowest BCUT2D eigenvalue weighted by atomic mass is 10.3. The minimum atomic E-state index is 0.741. The van der Waals surface area contributed by atoms with E-state index in [9.17, 15) is 0 Å². The fourth-order valence-electron chi connectivity index (χ4n) is 1.38. The predicted octanol–water partition coefficient (Wildman–Crippen LogP) is 1.84. The number of hydrogen-bond donors (Lipinski definition) is 2. The third-order valence-electron chi connectivity index (χ3n) is 2.17. The van der Waals surface area contributed by atoms with E-state index in [1.807, 2.05) is 31.3 Å². The fourth-order valence-corrected chi connectivity index (χ4v) is 1.38. The van der Waals surface area contributed by atoms with Gasteiger partial charge >= 0.3 is 0 Å². The summed E-state index contributed by atoms with van der Waals surface area (Å²) in [7, 11) is 1.87. The summed E-state index contributed by atoms with van der Waals surface area (Å²) in [6.45, 7) is 3.87. The first-order valence-corrected chi connectivity index (χ1v) is 4.59. The highest BCUT2D eigenvalue weighted by atomic mass is 14.9. The number of hydrogen-bond acceptors (Lipinski definition) is 2. The number of nitrogens with one attached hydrogen (secondary N) is 2. The second-order valence-corrected chi connectivity index (χ2v) is 3.23. The molecular formula is C11H13N3. The number of H-pyrrole nitrogens is 1. The summed E-state index contributed by atoms with van der Waals surface area (Å²) in [6, 6.07) is 8.00. The van der Waals surface area contributed by atoms with Crippen molar-refractivity contribution in [2.24, 2.45) is 0 Å². The van der Waals surface area contributed by atoms with Gasteiger partial charge in [0.05, 0.1) is 11.0 Å². The molecule has 72 valence electrons. The topological polar surface area (TPSA) is 40.7 Å². The van der Waals surface area contributed by atoms with Gasteiger partial charge in [-0.3, -0.25) is 0 Å². The minimum Gasteiger partial charge on any atom is -0.392 e. The number of nitrogens with zero attached hydrogens (tertiary/aromatic N) is 1. The molecular weight excluding hydrogens is 174 g/mol. The van der Waals surface area contributed by atoms with Crippen molar-refractivity contribution in [2.45, 2.75) is 6.42 Å². The summed E-state index contributed by atoms with van der Waals surface area (Å²) in [4.78, 5) is 7.69. The van der Waals surface area contributed by atoms with Crippen molar-refractivity contribution >= 4 is 11.0 Å². The van der Waals surface area contributed by atoms with E-state index in [1.54, 1.807) is 0 Å². The molecule has 2 N–H and O–H groups in total. The van der Waals surface area contributed by atoms with Gasteiger partial charge in [0, 0.05) is 19.2 Å². The van der Waals surface area contributed by atoms with Gasteiger partial charge in [-0.1, -0.05) is 18.7 Å². The summed E-state index contributed by atoms with van der Waals surface area (Å²) < 4.78 is 0. The molecule has 3 heteroatoms. The van der Waals surface area contributed by atoms with Crippen LogP contribution in [0, 0.1) is 0 Å². The molecule has 0 aliphatic carbocycles. The van der Waals surface area contributed by atoms with E-state index in [4.69, 9.17) is 0 Å². The summed E-state index contributed by atoms with van der Waals surface area (Å²) >= 11 is 0. The molecule has 0 amide bonds. The predicted molar refractivity (Wildman–Crippen MR) is 58.0 cm³/mol. The Morgan fingerprint density at radius 2 is 2.29 bits per heavy atom. The van der Waals surface area contributed by atoms with Gasteiger partial charge in [0.15, 0.2) is 0 Å². The Morgan fingerprint density at radius 3 is 3.00 bits per heavy atom. The van der Waals surface area contributed by atoms with Gasteiger partial charge in [0.1, 0.15) is 5.82 Å². The van der Waals surface area contributed by atoms with Crippen LogP contribution in [-0.2, 0) is 6.42 Å². The van der Waals surface area contributed by atoms with Crippen molar-refractivity contribution in [3.8, 4) is 0 Å². The van der Waals surface area contributed by atoms with Crippen LogP contribution in [0.3, 0.4) is 0 Å². The van der Waals surface area contributed by atoms with Gasteiger partial charge < -0.3 is 10.3 Å². The summed E-state index contributed by atoms with van der Waals surface area (Å²) in [5.41, 5.74) is 3.04. The van der Waals surface area contributed by atoms with Crippen LogP contribution in [0.1, 0.15) is 5.82 Å². The van der Waals surface area contributed by atoms with Gasteiger partial charge in [-0.05, 0) is 12.1 Å². The van der Waals surface area contributed by atoms with Gasteiger partial charge in [-0.25, -0.2) is 4.98 Å². The first-order valence-electron chi connectivity index (χ1n) is 4.59. The molecule has 14 heavy (non-hydrogen) atoms. The van der Waals surface area contributed by atoms with E-state index in [1.165, 1.54) is 0 Å². The van der Waals surface area contributed by atoms with Crippen LogP contribution in [0.4, 0.5) is 0 Å². The fraction of sp³-hybridized carbons (Fsp3) is 0.182. The second kappa shape index (κ2) is 3.54. The van der Waals surface area contributed by atoms with Crippen molar-refractivity contribution in [3.63, 3.8) is 0 Å². The molecule has 0 fully saturated rings. The maximum atomic E-state index is 4.44. The number of aromatic nitrogens is 2. The molecule has 2 aromatic rings. The van der Waals surface area contributed by atoms with Crippen LogP contribution in [-0.4, -0.2) is 17.0 Å². The quantitative estimate of drug-likeness (QED) is 0.769. The smallest absolute Gasteiger partial charge is 0.113 e. The third kappa shape index (κ3) is 1.62. The molecule has 2 rings (SSSR count). The number of rotatable bonds is 3. The van der Waals surface area contributed by atoms with Gasteiger partial charge in [-0.2, -0.15) is 0 Å². The number of para-hydroxylation sites is 2. The zero-order valence-corrected chi connectivity index (χ0v) is 8.17. The highest BCUT2D eigenvalue weighted by Gasteiger charge is 2.02. The molecule has 0 saturated heterocycles. The lowest BCUT2D eigenvalue weighted by molar-refractivity contribution is 0.890. The normalized spacial score (nSPS) is 10.4. The average molecular weight is 187 g/mol. The van der Waals surface area contributed by atoms with E-state index >= 15 is 0 Å². The number of imidazole rings is 1. The average Bonchev–Trinajstić information content (AvgIpc) is 2.59. The molecule has 0 unspecified atom stereocenters. The van der Waals surface area contributed by atoms with Crippen molar-refractivity contribution < 1.29 is 0 Å². The monoisotopic (exact) mass is 187 g/mol. The molecule has 0 aliphatic heterocycles. The highest BCUT2D eigenvalue weighted by molar-refractivity contribution is 5.74. The zero-order chi connectivity index (χ0) is 9.97. The number of allylic oxidation sites excluding steroid dienone is 1. The van der Waals surface area contributed by atoms with Gasteiger partial charge in [0.25, 0.3) is 0 Å². The lowest BCUT2D eigenvalue weighted by Gasteiger charge is -1.99. The van der Waals surface area contributed by atoms with Crippen LogP contribution >= 0.6 is 0 Å². The third-order valence-corrected chi connectivity index (χ3v) is 2.17. The Balaban J connectivity index is 2.31. The Hall–Kier alpha value is -1.77. The van der Waals surface area contributed by atoms with Crippen molar-refractivity contribution in [1.29, 1.82) is 0 Å². The largest absolute Gasteiger partial charge is 0.392 e. The van der Waals surface area contributed by atoms with E-state index < -0.39 is 0 Å². The number of benzene rings is 1. The zero-order valence-electron chi connectivity index (χ0n) is 8.17. The van der Waals surface area contributed by atoms with Gasteiger partial charge in [-0.15, -0.1) is 0 Å². The molecule has 0 aliphatic rings. The van der Waals surface area contributed by atoms with Crippen molar-refractivity contribution in [2.75, 3.05) is 7.05 Å². The molecule has 0 spiro atoms. The number of aromatic amines is 1. The Bertz CT molecular complexity index is 423. The molecule has 0 atom stereocenters.